The molecule has 0 saturated carbocycles. The molecule has 0 aliphatic rings. The van der Waals surface area contributed by atoms with Gasteiger partial charge in [0.1, 0.15) is 5.92 Å². The van der Waals surface area contributed by atoms with Crippen molar-refractivity contribution in [3.63, 3.8) is 0 Å². The van der Waals surface area contributed by atoms with Crippen LogP contribution >= 0.6 is 0 Å². The monoisotopic (exact) mass is 156 g/mol. The summed E-state index contributed by atoms with van der Waals surface area (Å²) in [5, 5.41) is 7.00. The highest BCUT2D eigenvalue weighted by Crippen LogP contribution is 2.04. The van der Waals surface area contributed by atoms with Gasteiger partial charge in [-0.15, -0.1) is 0 Å². The molecule has 0 aliphatic carbocycles. The normalized spacial score (nSPS) is 11.8. The third-order valence-corrected chi connectivity index (χ3v) is 1.35. The zero-order valence-corrected chi connectivity index (χ0v) is 6.51. The molecule has 1 N–H and O–H groups in total. The molecule has 4 heteroatoms. The number of methoxy groups -OCH3 is 1. The summed E-state index contributed by atoms with van der Waals surface area (Å²) >= 11 is 0. The minimum atomic E-state index is -0.752. The summed E-state index contributed by atoms with van der Waals surface area (Å²) in [7, 11) is 1.23. The van der Waals surface area contributed by atoms with Crippen LogP contribution in [0.2, 0.25) is 0 Å². The topological polar surface area (TPSA) is 67.2 Å². The maximum absolute atomic E-state index is 10.8. The zero-order chi connectivity index (χ0) is 8.85. The van der Waals surface area contributed by atoms with E-state index in [-0.39, 0.29) is 5.71 Å². The van der Waals surface area contributed by atoms with Gasteiger partial charge in [-0.05, 0) is 6.42 Å². The molecular weight excluding hydrogens is 146 g/mol. The average molecular weight is 156 g/mol. The first-order chi connectivity index (χ1) is 5.17. The largest absolute Gasteiger partial charge is 0.469 e. The van der Waals surface area contributed by atoms with Gasteiger partial charge in [-0.1, -0.05) is 6.92 Å². The Labute approximate surface area is 65.1 Å². The number of esters is 1. The van der Waals surface area contributed by atoms with Gasteiger partial charge in [0.25, 0.3) is 0 Å². The molecule has 0 saturated heterocycles. The van der Waals surface area contributed by atoms with Gasteiger partial charge in [0.05, 0.1) is 12.8 Å². The Hall–Kier alpha value is -1.19. The van der Waals surface area contributed by atoms with E-state index in [1.54, 1.807) is 6.92 Å². The molecule has 0 amide bonds. The molecule has 0 bridgehead atoms. The third kappa shape index (κ3) is 2.49. The van der Waals surface area contributed by atoms with Gasteiger partial charge in [-0.25, -0.2) is 0 Å². The first kappa shape index (κ1) is 9.81. The van der Waals surface area contributed by atoms with E-state index in [1.165, 1.54) is 13.4 Å². The molecule has 1 atom stereocenters. The molecule has 0 aromatic heterocycles. The predicted molar refractivity (Wildman–Crippen MR) is 39.2 cm³/mol. The molecule has 0 spiro atoms. The second-order valence-electron chi connectivity index (χ2n) is 2.00. The quantitative estimate of drug-likeness (QED) is 0.470. The Morgan fingerprint density at radius 3 is 2.55 bits per heavy atom. The number of hydrogen-bond acceptors (Lipinski definition) is 4. The van der Waals surface area contributed by atoms with E-state index in [0.29, 0.717) is 6.42 Å². The predicted octanol–water partition coefficient (Wildman–Crippen LogP) is 0.315. The molecule has 0 rings (SSSR count). The maximum atomic E-state index is 10.8. The van der Waals surface area contributed by atoms with Crippen LogP contribution in [0.4, 0.5) is 0 Å². The van der Waals surface area contributed by atoms with Gasteiger partial charge >= 0.3 is 5.97 Å². The van der Waals surface area contributed by atoms with E-state index < -0.39 is 11.9 Å². The SMILES string of the molecule is CCC(C(=N)[C]=O)C(=O)OC. The Morgan fingerprint density at radius 2 is 2.27 bits per heavy atom. The molecule has 1 radical (unpaired) electrons. The third-order valence-electron chi connectivity index (χ3n) is 1.35. The van der Waals surface area contributed by atoms with Crippen molar-refractivity contribution in [1.29, 1.82) is 5.41 Å². The summed E-state index contributed by atoms with van der Waals surface area (Å²) < 4.78 is 4.37. The number of ether oxygens (including phenoxy) is 1. The van der Waals surface area contributed by atoms with Crippen molar-refractivity contribution < 1.29 is 14.3 Å². The van der Waals surface area contributed by atoms with Crippen molar-refractivity contribution in [2.45, 2.75) is 13.3 Å². The van der Waals surface area contributed by atoms with Gasteiger partial charge in [-0.3, -0.25) is 9.59 Å². The van der Waals surface area contributed by atoms with E-state index in [2.05, 4.69) is 4.74 Å². The molecule has 61 valence electrons. The zero-order valence-electron chi connectivity index (χ0n) is 6.51. The number of rotatable bonds is 4. The smallest absolute Gasteiger partial charge is 0.314 e. The van der Waals surface area contributed by atoms with Crippen molar-refractivity contribution in [1.82, 2.24) is 0 Å². The lowest BCUT2D eigenvalue weighted by Gasteiger charge is -2.07. The fourth-order valence-corrected chi connectivity index (χ4v) is 0.702. The Balaban J connectivity index is 4.27. The summed E-state index contributed by atoms with van der Waals surface area (Å²) in [4.78, 5) is 20.8. The van der Waals surface area contributed by atoms with Crippen molar-refractivity contribution >= 4 is 18.0 Å². The summed E-state index contributed by atoms with van der Waals surface area (Å²) in [5.74, 6) is -1.31. The second-order valence-corrected chi connectivity index (χ2v) is 2.00. The molecule has 0 aromatic rings. The maximum Gasteiger partial charge on any atom is 0.314 e. The fraction of sp³-hybridized carbons (Fsp3) is 0.571. The van der Waals surface area contributed by atoms with E-state index >= 15 is 0 Å². The average Bonchev–Trinajstić information content (AvgIpc) is 2.05. The molecule has 0 fully saturated rings. The second kappa shape index (κ2) is 4.60. The molecule has 0 aromatic carbocycles. The van der Waals surface area contributed by atoms with Crippen LogP contribution in [0.1, 0.15) is 13.3 Å². The van der Waals surface area contributed by atoms with Gasteiger partial charge < -0.3 is 10.1 Å². The summed E-state index contributed by atoms with van der Waals surface area (Å²) in [6.45, 7) is 1.70. The van der Waals surface area contributed by atoms with Crippen LogP contribution in [0.3, 0.4) is 0 Å². The Bertz CT molecular complexity index is 177. The van der Waals surface area contributed by atoms with Crippen LogP contribution in [0.15, 0.2) is 0 Å². The van der Waals surface area contributed by atoms with E-state index in [1.807, 2.05) is 0 Å². The van der Waals surface area contributed by atoms with Crippen LogP contribution in [0, 0.1) is 11.3 Å². The van der Waals surface area contributed by atoms with Crippen molar-refractivity contribution in [2.75, 3.05) is 7.11 Å². The molecular formula is C7H10NO3. The molecule has 1 unspecified atom stereocenters. The van der Waals surface area contributed by atoms with Crippen molar-refractivity contribution in [3.05, 3.63) is 0 Å². The van der Waals surface area contributed by atoms with Crippen LogP contribution in [-0.2, 0) is 14.3 Å². The van der Waals surface area contributed by atoms with Gasteiger partial charge in [0.2, 0.25) is 6.29 Å². The van der Waals surface area contributed by atoms with E-state index in [0.717, 1.165) is 0 Å². The number of carbonyl (C=O) groups is 1. The minimum absolute atomic E-state index is 0.348. The highest BCUT2D eigenvalue weighted by atomic mass is 16.5. The molecule has 11 heavy (non-hydrogen) atoms. The fourth-order valence-electron chi connectivity index (χ4n) is 0.702. The standard InChI is InChI=1S/C7H10NO3/c1-3-5(6(8)4-9)7(10)11-2/h5,8H,3H2,1-2H3. The first-order valence-corrected chi connectivity index (χ1v) is 3.21. The first-order valence-electron chi connectivity index (χ1n) is 3.21. The van der Waals surface area contributed by atoms with Crippen molar-refractivity contribution in [3.8, 4) is 0 Å². The van der Waals surface area contributed by atoms with Crippen LogP contribution in [0.5, 0.6) is 0 Å². The van der Waals surface area contributed by atoms with Gasteiger partial charge in [-0.2, -0.15) is 0 Å². The molecule has 0 heterocycles. The number of hydrogen-bond donors (Lipinski definition) is 1. The number of carbonyl (C=O) groups excluding carboxylic acids is 2. The van der Waals surface area contributed by atoms with Crippen LogP contribution in [-0.4, -0.2) is 25.1 Å². The summed E-state index contributed by atoms with van der Waals surface area (Å²) in [6.07, 6.45) is 1.75. The Morgan fingerprint density at radius 1 is 1.73 bits per heavy atom. The number of nitrogens with one attached hydrogen (secondary N) is 1. The highest BCUT2D eigenvalue weighted by Gasteiger charge is 2.21. The molecule has 4 nitrogen and oxygen atoms in total. The van der Waals surface area contributed by atoms with Gasteiger partial charge in [0, 0.05) is 0 Å². The lowest BCUT2D eigenvalue weighted by atomic mass is 10.0. The van der Waals surface area contributed by atoms with Gasteiger partial charge in [0.15, 0.2) is 0 Å². The van der Waals surface area contributed by atoms with E-state index in [4.69, 9.17) is 5.41 Å². The minimum Gasteiger partial charge on any atom is -0.469 e. The highest BCUT2D eigenvalue weighted by molar-refractivity contribution is 6.32. The van der Waals surface area contributed by atoms with Crippen molar-refractivity contribution in [2.24, 2.45) is 5.92 Å². The van der Waals surface area contributed by atoms with Crippen LogP contribution < -0.4 is 0 Å². The summed E-state index contributed by atoms with van der Waals surface area (Å²) in [6, 6.07) is 0. The lowest BCUT2D eigenvalue weighted by molar-refractivity contribution is -0.143. The van der Waals surface area contributed by atoms with E-state index in [9.17, 15) is 9.59 Å². The summed E-state index contributed by atoms with van der Waals surface area (Å²) in [5.41, 5.74) is -0.348. The Kier molecular flexibility index (Phi) is 4.10. The molecule has 0 aliphatic heterocycles. The lowest BCUT2D eigenvalue weighted by Crippen LogP contribution is -2.24. The van der Waals surface area contributed by atoms with Crippen LogP contribution in [0.25, 0.3) is 0 Å².